The summed E-state index contributed by atoms with van der Waals surface area (Å²) in [4.78, 5) is 0. The molecule has 0 aromatic carbocycles. The van der Waals surface area contributed by atoms with Crippen LogP contribution in [0.5, 0.6) is 0 Å². The van der Waals surface area contributed by atoms with Crippen LogP contribution in [0.2, 0.25) is 0 Å². The molecule has 0 amide bonds. The molecular weight excluding hydrogens is 159 g/mol. The normalized spacial score (nSPS) is 24.8. The first-order valence-electron chi connectivity index (χ1n) is 3.41. The van der Waals surface area contributed by atoms with Crippen LogP contribution in [0, 0.1) is 5.92 Å². The van der Waals surface area contributed by atoms with E-state index in [0.717, 1.165) is 0 Å². The summed E-state index contributed by atoms with van der Waals surface area (Å²) in [6, 6.07) is 0. The molecule has 1 atom stereocenters. The molecule has 1 aliphatic rings. The standard InChI is InChI=1S/C6H10F3NO/c7-6(8,9)5(11,3-10)4-1-2-4/h4,11H,1-3,10H2. The summed E-state index contributed by atoms with van der Waals surface area (Å²) in [5, 5.41) is 9.05. The Bertz CT molecular complexity index is 154. The number of aliphatic hydroxyl groups is 1. The molecule has 66 valence electrons. The maximum Gasteiger partial charge on any atom is 0.418 e. The molecule has 0 aliphatic heterocycles. The van der Waals surface area contributed by atoms with Crippen LogP contribution in [0.1, 0.15) is 12.8 Å². The summed E-state index contributed by atoms with van der Waals surface area (Å²) in [7, 11) is 0. The van der Waals surface area contributed by atoms with Gasteiger partial charge >= 0.3 is 6.18 Å². The van der Waals surface area contributed by atoms with Crippen molar-refractivity contribution in [2.75, 3.05) is 6.54 Å². The lowest BCUT2D eigenvalue weighted by Crippen LogP contribution is -2.53. The lowest BCUT2D eigenvalue weighted by atomic mass is 9.98. The Hall–Kier alpha value is -0.290. The minimum atomic E-state index is -4.58. The van der Waals surface area contributed by atoms with Gasteiger partial charge in [0.2, 0.25) is 0 Å². The Balaban J connectivity index is 2.73. The highest BCUT2D eigenvalue weighted by molar-refractivity contribution is 5.00. The summed E-state index contributed by atoms with van der Waals surface area (Å²) in [5.74, 6) is -0.674. The fourth-order valence-corrected chi connectivity index (χ4v) is 1.07. The molecule has 1 rings (SSSR count). The van der Waals surface area contributed by atoms with E-state index in [9.17, 15) is 13.2 Å². The van der Waals surface area contributed by atoms with Crippen molar-refractivity contribution < 1.29 is 18.3 Å². The highest BCUT2D eigenvalue weighted by atomic mass is 19.4. The van der Waals surface area contributed by atoms with Crippen molar-refractivity contribution in [2.45, 2.75) is 24.6 Å². The molecule has 0 aromatic rings. The van der Waals surface area contributed by atoms with Crippen LogP contribution < -0.4 is 5.73 Å². The van der Waals surface area contributed by atoms with Gasteiger partial charge in [0.05, 0.1) is 0 Å². The van der Waals surface area contributed by atoms with Crippen LogP contribution in [0.4, 0.5) is 13.2 Å². The predicted molar refractivity (Wildman–Crippen MR) is 32.8 cm³/mol. The summed E-state index contributed by atoms with van der Waals surface area (Å²) in [6.07, 6.45) is -3.73. The van der Waals surface area contributed by atoms with E-state index in [1.54, 1.807) is 0 Å². The smallest absolute Gasteiger partial charge is 0.379 e. The third kappa shape index (κ3) is 1.35. The molecule has 1 fully saturated rings. The Kier molecular flexibility index (Phi) is 1.88. The van der Waals surface area contributed by atoms with Crippen molar-refractivity contribution in [1.82, 2.24) is 0 Å². The van der Waals surface area contributed by atoms with Gasteiger partial charge in [-0.25, -0.2) is 0 Å². The van der Waals surface area contributed by atoms with Crippen LogP contribution in [0.25, 0.3) is 0 Å². The molecule has 3 N–H and O–H groups in total. The minimum absolute atomic E-state index is 0.424. The molecule has 2 nitrogen and oxygen atoms in total. The lowest BCUT2D eigenvalue weighted by molar-refractivity contribution is -0.263. The average Bonchev–Trinajstić information content (AvgIpc) is 2.64. The van der Waals surface area contributed by atoms with Crippen LogP contribution in [-0.4, -0.2) is 23.4 Å². The molecule has 5 heteroatoms. The van der Waals surface area contributed by atoms with Crippen molar-refractivity contribution in [1.29, 1.82) is 0 Å². The second-order valence-electron chi connectivity index (χ2n) is 2.90. The van der Waals surface area contributed by atoms with Crippen molar-refractivity contribution in [2.24, 2.45) is 11.7 Å². The van der Waals surface area contributed by atoms with Gasteiger partial charge in [-0.2, -0.15) is 13.2 Å². The third-order valence-electron chi connectivity index (χ3n) is 2.05. The SMILES string of the molecule is NCC(O)(C1CC1)C(F)(F)F. The van der Waals surface area contributed by atoms with Crippen molar-refractivity contribution in [3.8, 4) is 0 Å². The maximum absolute atomic E-state index is 12.1. The second-order valence-corrected chi connectivity index (χ2v) is 2.90. The first-order chi connectivity index (χ1) is 4.92. The predicted octanol–water partition coefficient (Wildman–Crippen LogP) is 0.649. The zero-order valence-corrected chi connectivity index (χ0v) is 5.86. The molecule has 1 unspecified atom stereocenters. The van der Waals surface area contributed by atoms with Gasteiger partial charge in [0.15, 0.2) is 5.60 Å². The van der Waals surface area contributed by atoms with E-state index < -0.39 is 24.2 Å². The van der Waals surface area contributed by atoms with Crippen LogP contribution in [0.15, 0.2) is 0 Å². The molecule has 0 heterocycles. The van der Waals surface area contributed by atoms with E-state index in [1.807, 2.05) is 0 Å². The fraction of sp³-hybridized carbons (Fsp3) is 1.00. The number of nitrogens with two attached hydrogens (primary N) is 1. The van der Waals surface area contributed by atoms with Gasteiger partial charge in [-0.3, -0.25) is 0 Å². The topological polar surface area (TPSA) is 46.2 Å². The maximum atomic E-state index is 12.1. The summed E-state index contributed by atoms with van der Waals surface area (Å²) in [6.45, 7) is -0.735. The van der Waals surface area contributed by atoms with E-state index in [0.29, 0.717) is 12.8 Å². The molecule has 0 radical (unpaired) electrons. The second kappa shape index (κ2) is 2.35. The van der Waals surface area contributed by atoms with E-state index in [4.69, 9.17) is 10.8 Å². The molecular formula is C6H10F3NO. The van der Waals surface area contributed by atoms with E-state index in [-0.39, 0.29) is 0 Å². The van der Waals surface area contributed by atoms with Gasteiger partial charge in [-0.15, -0.1) is 0 Å². The van der Waals surface area contributed by atoms with Crippen LogP contribution in [0.3, 0.4) is 0 Å². The van der Waals surface area contributed by atoms with E-state index in [1.165, 1.54) is 0 Å². The van der Waals surface area contributed by atoms with Crippen molar-refractivity contribution in [3.63, 3.8) is 0 Å². The lowest BCUT2D eigenvalue weighted by Gasteiger charge is -2.28. The first kappa shape index (κ1) is 8.80. The van der Waals surface area contributed by atoms with Gasteiger partial charge in [0.25, 0.3) is 0 Å². The highest BCUT2D eigenvalue weighted by Gasteiger charge is 2.60. The molecule has 1 saturated carbocycles. The van der Waals surface area contributed by atoms with Gasteiger partial charge in [-0.1, -0.05) is 0 Å². The van der Waals surface area contributed by atoms with Gasteiger partial charge in [-0.05, 0) is 18.8 Å². The molecule has 0 aromatic heterocycles. The Morgan fingerprint density at radius 1 is 1.36 bits per heavy atom. The molecule has 0 bridgehead atoms. The Morgan fingerprint density at radius 2 is 1.82 bits per heavy atom. The highest BCUT2D eigenvalue weighted by Crippen LogP contribution is 2.47. The van der Waals surface area contributed by atoms with Crippen LogP contribution in [-0.2, 0) is 0 Å². The minimum Gasteiger partial charge on any atom is -0.379 e. The Morgan fingerprint density at radius 3 is 1.91 bits per heavy atom. The average molecular weight is 169 g/mol. The first-order valence-corrected chi connectivity index (χ1v) is 3.41. The number of hydrogen-bond acceptors (Lipinski definition) is 2. The van der Waals surface area contributed by atoms with Gasteiger partial charge in [0.1, 0.15) is 0 Å². The van der Waals surface area contributed by atoms with Crippen molar-refractivity contribution in [3.05, 3.63) is 0 Å². The number of hydrogen-bond donors (Lipinski definition) is 2. The van der Waals surface area contributed by atoms with Crippen LogP contribution >= 0.6 is 0 Å². The number of halogens is 3. The van der Waals surface area contributed by atoms with Crippen molar-refractivity contribution >= 4 is 0 Å². The molecule has 0 spiro atoms. The largest absolute Gasteiger partial charge is 0.418 e. The molecule has 0 saturated heterocycles. The van der Waals surface area contributed by atoms with E-state index >= 15 is 0 Å². The summed E-state index contributed by atoms with van der Waals surface area (Å²) < 4.78 is 36.2. The number of alkyl halides is 3. The zero-order chi connectivity index (χ0) is 8.70. The Labute approximate surface area is 62.2 Å². The third-order valence-corrected chi connectivity index (χ3v) is 2.05. The quantitative estimate of drug-likeness (QED) is 0.637. The molecule has 11 heavy (non-hydrogen) atoms. The fourth-order valence-electron chi connectivity index (χ4n) is 1.07. The summed E-state index contributed by atoms with van der Waals surface area (Å²) in [5.41, 5.74) is 2.23. The van der Waals surface area contributed by atoms with Gasteiger partial charge < -0.3 is 10.8 Å². The molecule has 1 aliphatic carbocycles. The number of rotatable bonds is 2. The monoisotopic (exact) mass is 169 g/mol. The van der Waals surface area contributed by atoms with E-state index in [2.05, 4.69) is 0 Å². The van der Waals surface area contributed by atoms with Gasteiger partial charge in [0, 0.05) is 6.54 Å². The zero-order valence-electron chi connectivity index (χ0n) is 5.86. The summed E-state index contributed by atoms with van der Waals surface area (Å²) >= 11 is 0.